The normalized spacial score (nSPS) is 32.6. The van der Waals surface area contributed by atoms with Crippen LogP contribution in [0.5, 0.6) is 0 Å². The summed E-state index contributed by atoms with van der Waals surface area (Å²) in [5, 5.41) is 10.2. The summed E-state index contributed by atoms with van der Waals surface area (Å²) in [4.78, 5) is 14.1. The Morgan fingerprint density at radius 3 is 3.09 bits per heavy atom. The predicted octanol–water partition coefficient (Wildman–Crippen LogP) is 0.383. The van der Waals surface area contributed by atoms with Gasteiger partial charge in [-0.1, -0.05) is 30.4 Å². The number of allylic oxidation sites excluding steroid dienone is 3. The van der Waals surface area contributed by atoms with Gasteiger partial charge in [0.25, 0.3) is 0 Å². The highest BCUT2D eigenvalue weighted by Crippen LogP contribution is 2.33. The molecule has 1 aliphatic heterocycles. The maximum Gasteiger partial charge on any atom is 0.222 e. The Balaban J connectivity index is 1.54. The highest BCUT2D eigenvalue weighted by atomic mass is 16.1. The van der Waals surface area contributed by atoms with Gasteiger partial charge in [0.15, 0.2) is 0 Å². The molecule has 0 saturated carbocycles. The molecule has 1 fully saturated rings. The van der Waals surface area contributed by atoms with E-state index in [9.17, 15) is 4.79 Å². The van der Waals surface area contributed by atoms with Crippen LogP contribution in [-0.4, -0.2) is 56.2 Å². The lowest BCUT2D eigenvalue weighted by Gasteiger charge is -2.46. The number of rotatable bonds is 5. The molecule has 0 aromatic carbocycles. The molecular weight excluding hydrogens is 276 g/mol. The number of hydrogen-bond donors (Lipinski definition) is 3. The topological polar surface area (TPSA) is 56.4 Å². The fourth-order valence-electron chi connectivity index (χ4n) is 3.54. The van der Waals surface area contributed by atoms with E-state index in [1.54, 1.807) is 0 Å². The van der Waals surface area contributed by atoms with E-state index in [-0.39, 0.29) is 12.1 Å². The van der Waals surface area contributed by atoms with Crippen molar-refractivity contribution >= 4 is 5.91 Å². The molecular formula is C17H26N4O. The first-order valence-electron chi connectivity index (χ1n) is 8.12. The molecule has 2 aliphatic carbocycles. The van der Waals surface area contributed by atoms with E-state index in [2.05, 4.69) is 51.2 Å². The largest absolute Gasteiger partial charge is 0.355 e. The SMILES string of the molecule is CN(C)CCNC(=O)CC1NC2C=CC=C3C=CCC(N1)C32. The average Bonchev–Trinajstić information content (AvgIpc) is 2.47. The number of nitrogens with one attached hydrogen (secondary N) is 3. The van der Waals surface area contributed by atoms with Crippen LogP contribution in [0.3, 0.4) is 0 Å². The molecule has 0 radical (unpaired) electrons. The van der Waals surface area contributed by atoms with Gasteiger partial charge in [-0.25, -0.2) is 0 Å². The van der Waals surface area contributed by atoms with Gasteiger partial charge >= 0.3 is 0 Å². The lowest BCUT2D eigenvalue weighted by atomic mass is 9.75. The van der Waals surface area contributed by atoms with Crippen molar-refractivity contribution in [3.05, 3.63) is 36.0 Å². The number of amides is 1. The van der Waals surface area contributed by atoms with E-state index in [1.165, 1.54) is 5.57 Å². The molecule has 0 spiro atoms. The molecule has 3 N–H and O–H groups in total. The molecule has 1 saturated heterocycles. The van der Waals surface area contributed by atoms with Crippen LogP contribution in [0, 0.1) is 5.92 Å². The van der Waals surface area contributed by atoms with Crippen molar-refractivity contribution in [2.24, 2.45) is 5.92 Å². The maximum atomic E-state index is 12.1. The van der Waals surface area contributed by atoms with E-state index < -0.39 is 0 Å². The van der Waals surface area contributed by atoms with Crippen LogP contribution in [0.15, 0.2) is 36.0 Å². The lowest BCUT2D eigenvalue weighted by Crippen LogP contribution is -2.64. The van der Waals surface area contributed by atoms with E-state index in [1.807, 2.05) is 14.1 Å². The van der Waals surface area contributed by atoms with Gasteiger partial charge in [-0.15, -0.1) is 0 Å². The first-order chi connectivity index (χ1) is 10.6. The van der Waals surface area contributed by atoms with E-state index >= 15 is 0 Å². The average molecular weight is 302 g/mol. The molecule has 1 amide bonds. The van der Waals surface area contributed by atoms with Crippen LogP contribution in [-0.2, 0) is 4.79 Å². The fourth-order valence-corrected chi connectivity index (χ4v) is 3.54. The van der Waals surface area contributed by atoms with Crippen LogP contribution < -0.4 is 16.0 Å². The third kappa shape index (κ3) is 3.48. The van der Waals surface area contributed by atoms with Gasteiger partial charge in [0.1, 0.15) is 0 Å². The van der Waals surface area contributed by atoms with Crippen molar-refractivity contribution in [2.75, 3.05) is 27.2 Å². The van der Waals surface area contributed by atoms with Gasteiger partial charge < -0.3 is 10.2 Å². The van der Waals surface area contributed by atoms with Crippen LogP contribution in [0.4, 0.5) is 0 Å². The predicted molar refractivity (Wildman–Crippen MR) is 88.3 cm³/mol. The Labute approximate surface area is 132 Å². The molecule has 3 aliphatic rings. The van der Waals surface area contributed by atoms with E-state index in [0.29, 0.717) is 31.0 Å². The minimum absolute atomic E-state index is 0.0427. The Hall–Kier alpha value is -1.43. The summed E-state index contributed by atoms with van der Waals surface area (Å²) < 4.78 is 0. The quantitative estimate of drug-likeness (QED) is 0.687. The summed E-state index contributed by atoms with van der Waals surface area (Å²) in [6.07, 6.45) is 12.6. The molecule has 0 bridgehead atoms. The molecule has 5 nitrogen and oxygen atoms in total. The van der Waals surface area contributed by atoms with Crippen LogP contribution in [0.1, 0.15) is 12.8 Å². The summed E-state index contributed by atoms with van der Waals surface area (Å²) >= 11 is 0. The standard InChI is InChI=1S/C17H26N4O/c1-21(2)10-9-18-16(22)11-15-19-13-7-3-5-12-6-4-8-14(20-15)17(12)13/h3-7,13-15,17,19-20H,8-11H2,1-2H3,(H,18,22). The van der Waals surface area contributed by atoms with Crippen LogP contribution >= 0.6 is 0 Å². The molecule has 3 rings (SSSR count). The van der Waals surface area contributed by atoms with Gasteiger partial charge in [0, 0.05) is 31.1 Å². The van der Waals surface area contributed by atoms with Crippen molar-refractivity contribution in [3.8, 4) is 0 Å². The van der Waals surface area contributed by atoms with E-state index in [0.717, 1.165) is 13.0 Å². The second-order valence-electron chi connectivity index (χ2n) is 6.59. The fraction of sp³-hybridized carbons (Fsp3) is 0.588. The molecule has 1 heterocycles. The van der Waals surface area contributed by atoms with Crippen molar-refractivity contribution in [3.63, 3.8) is 0 Å². The Kier molecular flexibility index (Phi) is 4.76. The molecule has 0 aromatic heterocycles. The number of carbonyl (C=O) groups is 1. The van der Waals surface area contributed by atoms with Crippen molar-refractivity contribution in [2.45, 2.75) is 31.1 Å². The minimum atomic E-state index is 0.0427. The lowest BCUT2D eigenvalue weighted by molar-refractivity contribution is -0.122. The number of nitrogens with zero attached hydrogens (tertiary/aromatic N) is 1. The maximum absolute atomic E-state index is 12.1. The Bertz CT molecular complexity index is 509. The summed E-state index contributed by atoms with van der Waals surface area (Å²) in [5.41, 5.74) is 1.39. The highest BCUT2D eigenvalue weighted by molar-refractivity contribution is 5.76. The van der Waals surface area contributed by atoms with Crippen molar-refractivity contribution in [1.29, 1.82) is 0 Å². The van der Waals surface area contributed by atoms with Gasteiger partial charge in [0.2, 0.25) is 5.91 Å². The third-order valence-corrected chi connectivity index (χ3v) is 4.59. The van der Waals surface area contributed by atoms with Gasteiger partial charge in [0.05, 0.1) is 12.6 Å². The smallest absolute Gasteiger partial charge is 0.222 e. The first-order valence-corrected chi connectivity index (χ1v) is 8.12. The monoisotopic (exact) mass is 302 g/mol. The summed E-state index contributed by atoms with van der Waals surface area (Å²) in [7, 11) is 4.02. The van der Waals surface area contributed by atoms with Gasteiger partial charge in [-0.3, -0.25) is 15.4 Å². The number of carbonyl (C=O) groups excluding carboxylic acids is 1. The molecule has 4 unspecified atom stereocenters. The zero-order valence-electron chi connectivity index (χ0n) is 13.4. The molecule has 5 heteroatoms. The molecule has 4 atom stereocenters. The molecule has 120 valence electrons. The molecule has 0 aromatic rings. The second-order valence-corrected chi connectivity index (χ2v) is 6.59. The van der Waals surface area contributed by atoms with Crippen molar-refractivity contribution < 1.29 is 4.79 Å². The Morgan fingerprint density at radius 2 is 2.27 bits per heavy atom. The van der Waals surface area contributed by atoms with Crippen molar-refractivity contribution in [1.82, 2.24) is 20.9 Å². The van der Waals surface area contributed by atoms with Crippen LogP contribution in [0.2, 0.25) is 0 Å². The van der Waals surface area contributed by atoms with Crippen LogP contribution in [0.25, 0.3) is 0 Å². The number of hydrogen-bond acceptors (Lipinski definition) is 4. The summed E-state index contributed by atoms with van der Waals surface area (Å²) in [6, 6.07) is 0.753. The van der Waals surface area contributed by atoms with E-state index in [4.69, 9.17) is 0 Å². The molecule has 22 heavy (non-hydrogen) atoms. The number of likely N-dealkylation sites (N-methyl/N-ethyl adjacent to an activating group) is 1. The van der Waals surface area contributed by atoms with Gasteiger partial charge in [-0.05, 0) is 26.1 Å². The second kappa shape index (κ2) is 6.77. The Morgan fingerprint density at radius 1 is 1.41 bits per heavy atom. The zero-order chi connectivity index (χ0) is 15.5. The zero-order valence-corrected chi connectivity index (χ0v) is 13.4. The minimum Gasteiger partial charge on any atom is -0.355 e. The first kappa shape index (κ1) is 15.5. The third-order valence-electron chi connectivity index (χ3n) is 4.59. The van der Waals surface area contributed by atoms with Gasteiger partial charge in [-0.2, -0.15) is 0 Å². The summed E-state index contributed by atoms with van der Waals surface area (Å²) in [6.45, 7) is 1.57. The summed E-state index contributed by atoms with van der Waals surface area (Å²) in [5.74, 6) is 0.593. The highest BCUT2D eigenvalue weighted by Gasteiger charge is 2.39.